The van der Waals surface area contributed by atoms with Crippen LogP contribution in [0.2, 0.25) is 0 Å². The largest absolute Gasteiger partial charge is 0.489 e. The Morgan fingerprint density at radius 1 is 1.40 bits per heavy atom. The Morgan fingerprint density at radius 2 is 2.13 bits per heavy atom. The molecule has 0 aliphatic rings. The van der Waals surface area contributed by atoms with Crippen molar-refractivity contribution in [1.29, 1.82) is 0 Å². The van der Waals surface area contributed by atoms with Gasteiger partial charge in [0.05, 0.1) is 0 Å². The van der Waals surface area contributed by atoms with Crippen molar-refractivity contribution in [2.45, 2.75) is 33.1 Å². The van der Waals surface area contributed by atoms with Crippen LogP contribution in [0.5, 0.6) is 5.75 Å². The summed E-state index contributed by atoms with van der Waals surface area (Å²) in [5.74, 6) is 1.56. The summed E-state index contributed by atoms with van der Waals surface area (Å²) < 4.78 is 5.59. The van der Waals surface area contributed by atoms with E-state index in [2.05, 4.69) is 45.5 Å². The first-order valence-corrected chi connectivity index (χ1v) is 5.55. The molecule has 0 saturated heterocycles. The van der Waals surface area contributed by atoms with E-state index in [9.17, 15) is 0 Å². The van der Waals surface area contributed by atoms with E-state index in [1.54, 1.807) is 6.08 Å². The molecule has 1 heteroatoms. The molecule has 0 radical (unpaired) electrons. The van der Waals surface area contributed by atoms with Crippen LogP contribution < -0.4 is 4.74 Å². The van der Waals surface area contributed by atoms with Crippen LogP contribution >= 0.6 is 0 Å². The van der Waals surface area contributed by atoms with Gasteiger partial charge in [-0.15, -0.1) is 0 Å². The van der Waals surface area contributed by atoms with Gasteiger partial charge in [-0.1, -0.05) is 45.6 Å². The highest BCUT2D eigenvalue weighted by Crippen LogP contribution is 2.24. The van der Waals surface area contributed by atoms with Crippen molar-refractivity contribution < 1.29 is 4.74 Å². The van der Waals surface area contributed by atoms with Crippen LogP contribution in [0.4, 0.5) is 0 Å². The van der Waals surface area contributed by atoms with Crippen molar-refractivity contribution in [2.75, 3.05) is 6.61 Å². The van der Waals surface area contributed by atoms with Gasteiger partial charge in [-0.25, -0.2) is 0 Å². The Bertz CT molecular complexity index is 326. The third kappa shape index (κ3) is 3.12. The summed E-state index contributed by atoms with van der Waals surface area (Å²) in [5, 5.41) is 0. The first kappa shape index (κ1) is 11.8. The van der Waals surface area contributed by atoms with Gasteiger partial charge in [0.2, 0.25) is 0 Å². The summed E-state index contributed by atoms with van der Waals surface area (Å²) in [5.41, 5.74) is 2.65. The highest BCUT2D eigenvalue weighted by atomic mass is 16.5. The minimum Gasteiger partial charge on any atom is -0.489 e. The number of ether oxygens (including phenoxy) is 1. The maximum atomic E-state index is 5.59. The predicted molar refractivity (Wildman–Crippen MR) is 65.6 cm³/mol. The van der Waals surface area contributed by atoms with Crippen LogP contribution in [-0.2, 0) is 6.42 Å². The Kier molecular flexibility index (Phi) is 4.41. The standard InChI is InChI=1S/C14H20O/c1-5-9-15-14-8-7-13(11(3)4)10-12(14)6-2/h5,7-8,10-11H,1,6,9H2,2-4H3. The second kappa shape index (κ2) is 5.59. The van der Waals surface area contributed by atoms with Gasteiger partial charge in [0.1, 0.15) is 12.4 Å². The quantitative estimate of drug-likeness (QED) is 0.660. The molecule has 0 unspecified atom stereocenters. The van der Waals surface area contributed by atoms with Crippen molar-refractivity contribution in [3.63, 3.8) is 0 Å². The van der Waals surface area contributed by atoms with Gasteiger partial charge in [-0.2, -0.15) is 0 Å². The zero-order valence-corrected chi connectivity index (χ0v) is 9.92. The van der Waals surface area contributed by atoms with E-state index in [0.717, 1.165) is 12.2 Å². The molecule has 0 atom stereocenters. The smallest absolute Gasteiger partial charge is 0.122 e. The molecule has 0 saturated carbocycles. The summed E-state index contributed by atoms with van der Waals surface area (Å²) in [6.45, 7) is 10.8. The lowest BCUT2D eigenvalue weighted by atomic mass is 9.99. The van der Waals surface area contributed by atoms with E-state index in [1.165, 1.54) is 11.1 Å². The lowest BCUT2D eigenvalue weighted by Gasteiger charge is -2.12. The van der Waals surface area contributed by atoms with Crippen LogP contribution in [0.15, 0.2) is 30.9 Å². The fourth-order valence-corrected chi connectivity index (χ4v) is 1.52. The molecule has 0 heterocycles. The van der Waals surface area contributed by atoms with Crippen LogP contribution in [0.25, 0.3) is 0 Å². The highest BCUT2D eigenvalue weighted by Gasteiger charge is 2.05. The summed E-state index contributed by atoms with van der Waals surface area (Å²) in [7, 11) is 0. The van der Waals surface area contributed by atoms with Gasteiger partial charge in [0.15, 0.2) is 0 Å². The number of hydrogen-bond donors (Lipinski definition) is 0. The van der Waals surface area contributed by atoms with Crippen molar-refractivity contribution in [2.24, 2.45) is 0 Å². The van der Waals surface area contributed by atoms with Crippen LogP contribution in [0.3, 0.4) is 0 Å². The van der Waals surface area contributed by atoms with Gasteiger partial charge >= 0.3 is 0 Å². The number of rotatable bonds is 5. The van der Waals surface area contributed by atoms with Crippen molar-refractivity contribution in [1.82, 2.24) is 0 Å². The SMILES string of the molecule is C=CCOc1ccc(C(C)C)cc1CC. The zero-order chi connectivity index (χ0) is 11.3. The van der Waals surface area contributed by atoms with Gasteiger partial charge in [0, 0.05) is 0 Å². The fourth-order valence-electron chi connectivity index (χ4n) is 1.52. The van der Waals surface area contributed by atoms with E-state index in [1.807, 2.05) is 0 Å². The minimum atomic E-state index is 0.573. The van der Waals surface area contributed by atoms with E-state index in [0.29, 0.717) is 12.5 Å². The van der Waals surface area contributed by atoms with E-state index >= 15 is 0 Å². The molecule has 0 spiro atoms. The topological polar surface area (TPSA) is 9.23 Å². The summed E-state index contributed by atoms with van der Waals surface area (Å²) in [6, 6.07) is 6.45. The molecule has 0 bridgehead atoms. The van der Waals surface area contributed by atoms with Crippen LogP contribution in [0, 0.1) is 0 Å². The lowest BCUT2D eigenvalue weighted by Crippen LogP contribution is -1.98. The Morgan fingerprint density at radius 3 is 2.67 bits per heavy atom. The zero-order valence-electron chi connectivity index (χ0n) is 9.92. The first-order valence-electron chi connectivity index (χ1n) is 5.55. The average molecular weight is 204 g/mol. The molecular formula is C14H20O. The Hall–Kier alpha value is -1.24. The van der Waals surface area contributed by atoms with E-state index in [4.69, 9.17) is 4.74 Å². The van der Waals surface area contributed by atoms with Crippen molar-refractivity contribution in [3.8, 4) is 5.75 Å². The maximum absolute atomic E-state index is 5.59. The molecule has 1 aromatic rings. The molecule has 0 aliphatic carbocycles. The summed E-state index contributed by atoms with van der Waals surface area (Å²) in [4.78, 5) is 0. The molecule has 1 rings (SSSR count). The highest BCUT2D eigenvalue weighted by molar-refractivity contribution is 5.38. The number of hydrogen-bond acceptors (Lipinski definition) is 1. The molecule has 15 heavy (non-hydrogen) atoms. The monoisotopic (exact) mass is 204 g/mol. The van der Waals surface area contributed by atoms with Gasteiger partial charge in [0.25, 0.3) is 0 Å². The molecule has 1 nitrogen and oxygen atoms in total. The van der Waals surface area contributed by atoms with Crippen molar-refractivity contribution >= 4 is 0 Å². The molecule has 0 aliphatic heterocycles. The normalized spacial score (nSPS) is 10.4. The molecule has 0 amide bonds. The molecule has 82 valence electrons. The lowest BCUT2D eigenvalue weighted by molar-refractivity contribution is 0.359. The average Bonchev–Trinajstić information content (AvgIpc) is 2.25. The summed E-state index contributed by atoms with van der Waals surface area (Å²) >= 11 is 0. The number of benzene rings is 1. The Labute approximate surface area is 92.8 Å². The van der Waals surface area contributed by atoms with Gasteiger partial charge in [-0.3, -0.25) is 0 Å². The second-order valence-corrected chi connectivity index (χ2v) is 3.98. The van der Waals surface area contributed by atoms with Crippen LogP contribution in [-0.4, -0.2) is 6.61 Å². The fraction of sp³-hybridized carbons (Fsp3) is 0.429. The first-order chi connectivity index (χ1) is 7.19. The Balaban J connectivity index is 2.92. The third-order valence-electron chi connectivity index (χ3n) is 2.49. The van der Waals surface area contributed by atoms with Crippen molar-refractivity contribution in [3.05, 3.63) is 42.0 Å². The van der Waals surface area contributed by atoms with E-state index < -0.39 is 0 Å². The molecule has 0 N–H and O–H groups in total. The summed E-state index contributed by atoms with van der Waals surface area (Å²) in [6.07, 6.45) is 2.78. The molecule has 0 fully saturated rings. The van der Waals surface area contributed by atoms with Crippen LogP contribution in [0.1, 0.15) is 37.8 Å². The predicted octanol–water partition coefficient (Wildman–Crippen LogP) is 3.94. The molecule has 1 aromatic carbocycles. The molecular weight excluding hydrogens is 184 g/mol. The van der Waals surface area contributed by atoms with E-state index in [-0.39, 0.29) is 0 Å². The number of aryl methyl sites for hydroxylation is 1. The third-order valence-corrected chi connectivity index (χ3v) is 2.49. The van der Waals surface area contributed by atoms with Gasteiger partial charge < -0.3 is 4.74 Å². The minimum absolute atomic E-state index is 0.573. The maximum Gasteiger partial charge on any atom is 0.122 e. The molecule has 0 aromatic heterocycles. The van der Waals surface area contributed by atoms with Gasteiger partial charge in [-0.05, 0) is 29.5 Å². The second-order valence-electron chi connectivity index (χ2n) is 3.98.